The van der Waals surface area contributed by atoms with Gasteiger partial charge < -0.3 is 25.6 Å². The molecule has 4 N–H and O–H groups in total. The van der Waals surface area contributed by atoms with Crippen molar-refractivity contribution in [2.75, 3.05) is 19.6 Å². The van der Waals surface area contributed by atoms with Crippen LogP contribution >= 0.6 is 11.3 Å². The van der Waals surface area contributed by atoms with E-state index >= 15 is 0 Å². The van der Waals surface area contributed by atoms with Crippen molar-refractivity contribution in [1.29, 1.82) is 0 Å². The lowest BCUT2D eigenvalue weighted by atomic mass is 9.69. The molecule has 0 aliphatic carbocycles. The maximum atomic E-state index is 15.0. The number of carboxylic acids is 1. The van der Waals surface area contributed by atoms with Crippen LogP contribution in [0.25, 0.3) is 0 Å². The molecular formula is C36H40F6N4O6S. The topological polar surface area (TPSA) is 146 Å². The summed E-state index contributed by atoms with van der Waals surface area (Å²) in [6.07, 6.45) is -9.92. The smallest absolute Gasteiger partial charge is 0.425 e. The Morgan fingerprint density at radius 2 is 1.74 bits per heavy atom. The number of hydrogen-bond donors (Lipinski definition) is 3. The van der Waals surface area contributed by atoms with E-state index in [0.29, 0.717) is 28.9 Å². The van der Waals surface area contributed by atoms with Gasteiger partial charge in [0.2, 0.25) is 11.5 Å². The summed E-state index contributed by atoms with van der Waals surface area (Å²) in [5, 5.41) is 22.0. The van der Waals surface area contributed by atoms with Crippen molar-refractivity contribution in [2.24, 2.45) is 5.73 Å². The van der Waals surface area contributed by atoms with Gasteiger partial charge in [0, 0.05) is 43.7 Å². The third-order valence-electron chi connectivity index (χ3n) is 10.2. The quantitative estimate of drug-likeness (QED) is 0.182. The molecule has 17 heteroatoms. The van der Waals surface area contributed by atoms with Crippen molar-refractivity contribution in [1.82, 2.24) is 14.8 Å². The molecule has 3 aromatic rings. The molecule has 2 fully saturated rings. The van der Waals surface area contributed by atoms with E-state index in [2.05, 4.69) is 4.98 Å². The molecule has 0 bridgehead atoms. The summed E-state index contributed by atoms with van der Waals surface area (Å²) in [6.45, 7) is 1.66. The first-order valence-electron chi connectivity index (χ1n) is 17.1. The molecule has 2 amide bonds. The van der Waals surface area contributed by atoms with Crippen LogP contribution in [0.5, 0.6) is 5.75 Å². The zero-order valence-corrected chi connectivity index (χ0v) is 29.6. The van der Waals surface area contributed by atoms with E-state index in [9.17, 15) is 50.9 Å². The van der Waals surface area contributed by atoms with E-state index < -0.39 is 69.6 Å². The standard InChI is InChI=1S/C36H40F6N4O6S/c1-2-7-26-34(52-23-20-27(53-21-23)36(40,41)42,13-6-17-46(26)30(49)29-25(35(37,38)39)10-5-16-44-29)32(51)45-18-14-33(15-19-45,31(43)50)24-9-4-3-8-22(24)11-12-28(47)48/h3-5,8-10,16,20-21,26,30,49H,2,6-7,11-15,17-19H2,1H3,(H2,43,50)(H,47,48)/t26-,30?,34+/m1/s1. The number of rotatable bonds is 12. The van der Waals surface area contributed by atoms with Gasteiger partial charge in [-0.05, 0) is 61.8 Å². The molecule has 3 atom stereocenters. The van der Waals surface area contributed by atoms with Gasteiger partial charge in [0.25, 0.3) is 5.91 Å². The number of aryl methyl sites for hydroxylation is 1. The summed E-state index contributed by atoms with van der Waals surface area (Å²) in [7, 11) is 0. The molecule has 0 spiro atoms. The predicted octanol–water partition coefficient (Wildman–Crippen LogP) is 6.32. The number of primary amides is 1. The molecule has 0 radical (unpaired) electrons. The number of aromatic nitrogens is 1. The van der Waals surface area contributed by atoms with Crippen LogP contribution in [0.3, 0.4) is 0 Å². The minimum Gasteiger partial charge on any atom is -0.481 e. The highest BCUT2D eigenvalue weighted by molar-refractivity contribution is 7.10. The van der Waals surface area contributed by atoms with E-state index in [1.165, 1.54) is 9.80 Å². The van der Waals surface area contributed by atoms with Gasteiger partial charge in [-0.2, -0.15) is 26.3 Å². The average molecular weight is 771 g/mol. The molecule has 288 valence electrons. The number of amides is 2. The van der Waals surface area contributed by atoms with Crippen LogP contribution in [0.15, 0.2) is 54.0 Å². The second kappa shape index (κ2) is 15.6. The first kappa shape index (κ1) is 40.0. The van der Waals surface area contributed by atoms with Crippen molar-refractivity contribution in [3.8, 4) is 5.75 Å². The first-order valence-corrected chi connectivity index (χ1v) is 18.0. The van der Waals surface area contributed by atoms with Crippen molar-refractivity contribution in [2.45, 2.75) is 93.9 Å². The summed E-state index contributed by atoms with van der Waals surface area (Å²) >= 11 is 0.361. The summed E-state index contributed by atoms with van der Waals surface area (Å²) in [5.41, 5.74) is 2.03. The third kappa shape index (κ3) is 8.16. The van der Waals surface area contributed by atoms with Crippen LogP contribution in [0.1, 0.15) is 85.4 Å². The number of pyridine rings is 1. The minimum absolute atomic E-state index is 0.0213. The van der Waals surface area contributed by atoms with Crippen molar-refractivity contribution >= 4 is 29.1 Å². The number of piperidine rings is 2. The van der Waals surface area contributed by atoms with Crippen molar-refractivity contribution in [3.05, 3.63) is 81.3 Å². The average Bonchev–Trinajstić information content (AvgIpc) is 3.60. The van der Waals surface area contributed by atoms with Crippen molar-refractivity contribution in [3.63, 3.8) is 0 Å². The summed E-state index contributed by atoms with van der Waals surface area (Å²) < 4.78 is 89.6. The fraction of sp³-hybridized carbons (Fsp3) is 0.500. The molecule has 4 heterocycles. The number of aliphatic hydroxyl groups excluding tert-OH is 1. The van der Waals surface area contributed by atoms with Crippen LogP contribution in [0.4, 0.5) is 26.3 Å². The molecule has 10 nitrogen and oxygen atoms in total. The fourth-order valence-corrected chi connectivity index (χ4v) is 8.37. The third-order valence-corrected chi connectivity index (χ3v) is 11.2. The van der Waals surface area contributed by atoms with Gasteiger partial charge in [0.15, 0.2) is 6.23 Å². The number of thiophene rings is 1. The summed E-state index contributed by atoms with van der Waals surface area (Å²) in [4.78, 5) is 45.1. The zero-order chi connectivity index (χ0) is 38.8. The number of hydrogen-bond acceptors (Lipinski definition) is 8. The fourth-order valence-electron chi connectivity index (χ4n) is 7.70. The molecule has 53 heavy (non-hydrogen) atoms. The summed E-state index contributed by atoms with van der Waals surface area (Å²) in [6, 6.07) is 8.32. The predicted molar refractivity (Wildman–Crippen MR) is 181 cm³/mol. The van der Waals surface area contributed by atoms with Gasteiger partial charge >= 0.3 is 18.3 Å². The lowest BCUT2D eigenvalue weighted by Gasteiger charge is -2.52. The van der Waals surface area contributed by atoms with Gasteiger partial charge in [0.05, 0.1) is 22.7 Å². The minimum atomic E-state index is -4.87. The molecule has 2 aromatic heterocycles. The highest BCUT2D eigenvalue weighted by Crippen LogP contribution is 2.46. The Kier molecular flexibility index (Phi) is 11.8. The van der Waals surface area contributed by atoms with Crippen LogP contribution < -0.4 is 10.5 Å². The number of benzene rings is 1. The van der Waals surface area contributed by atoms with Crippen molar-refractivity contribution < 1.29 is 55.7 Å². The molecule has 5 rings (SSSR count). The summed E-state index contributed by atoms with van der Waals surface area (Å²) in [5.74, 6) is -2.64. The van der Waals surface area contributed by atoms with E-state index in [1.807, 2.05) is 0 Å². The van der Waals surface area contributed by atoms with Crippen LogP contribution in [-0.2, 0) is 38.6 Å². The molecule has 0 saturated carbocycles. The number of likely N-dealkylation sites (tertiary alicyclic amines) is 2. The number of aliphatic hydroxyl groups is 1. The second-order valence-electron chi connectivity index (χ2n) is 13.4. The maximum absolute atomic E-state index is 15.0. The number of alkyl halides is 6. The van der Waals surface area contributed by atoms with Gasteiger partial charge in [-0.1, -0.05) is 37.6 Å². The van der Waals surface area contributed by atoms with Gasteiger partial charge in [-0.3, -0.25) is 24.3 Å². The number of carbonyl (C=O) groups excluding carboxylic acids is 2. The Hall–Kier alpha value is -4.22. The molecule has 1 aromatic carbocycles. The maximum Gasteiger partial charge on any atom is 0.425 e. The number of nitrogens with two attached hydrogens (primary N) is 1. The number of aliphatic carboxylic acids is 1. The molecule has 2 saturated heterocycles. The highest BCUT2D eigenvalue weighted by Gasteiger charge is 2.57. The number of ether oxygens (including phenoxy) is 1. The Labute approximate surface area is 305 Å². The van der Waals surface area contributed by atoms with Crippen LogP contribution in [-0.4, -0.2) is 74.1 Å². The second-order valence-corrected chi connectivity index (χ2v) is 14.3. The Bertz CT molecular complexity index is 1790. The van der Waals surface area contributed by atoms with Gasteiger partial charge in [0.1, 0.15) is 10.6 Å². The first-order chi connectivity index (χ1) is 24.9. The van der Waals surface area contributed by atoms with E-state index in [0.717, 1.165) is 29.8 Å². The number of carboxylic acid groups (broad SMARTS) is 1. The van der Waals surface area contributed by atoms with Gasteiger partial charge in [-0.25, -0.2) is 0 Å². The lowest BCUT2D eigenvalue weighted by molar-refractivity contribution is -0.175. The Balaban J connectivity index is 1.54. The normalized spacial score (nSPS) is 21.6. The Morgan fingerprint density at radius 1 is 1.04 bits per heavy atom. The molecule has 2 aliphatic rings. The van der Waals surface area contributed by atoms with E-state index in [-0.39, 0.29) is 70.3 Å². The molecular weight excluding hydrogens is 730 g/mol. The number of halogens is 6. The lowest BCUT2D eigenvalue weighted by Crippen LogP contribution is -2.68. The van der Waals surface area contributed by atoms with E-state index in [1.54, 1.807) is 31.2 Å². The monoisotopic (exact) mass is 770 g/mol. The highest BCUT2D eigenvalue weighted by atomic mass is 32.1. The number of nitrogens with zero attached hydrogens (tertiary/aromatic N) is 3. The van der Waals surface area contributed by atoms with Crippen LogP contribution in [0.2, 0.25) is 0 Å². The zero-order valence-electron chi connectivity index (χ0n) is 28.8. The Morgan fingerprint density at radius 3 is 2.34 bits per heavy atom. The van der Waals surface area contributed by atoms with Crippen LogP contribution in [0, 0.1) is 0 Å². The largest absolute Gasteiger partial charge is 0.481 e. The SMILES string of the molecule is CCC[C@H]1N(C(O)c2ncccc2C(F)(F)F)CCC[C@@]1(Oc1csc(C(F)(F)F)c1)C(=O)N1CCC(C(N)=O)(c2ccccc2CCC(=O)O)CC1. The number of carbonyl (C=O) groups is 3. The molecule has 1 unspecified atom stereocenters. The van der Waals surface area contributed by atoms with E-state index in [4.69, 9.17) is 10.5 Å². The van der Waals surface area contributed by atoms with Gasteiger partial charge in [-0.15, -0.1) is 11.3 Å². The molecule has 2 aliphatic heterocycles.